The molecular weight excluding hydrogens is 260 g/mol. The van der Waals surface area contributed by atoms with Crippen molar-refractivity contribution >= 4 is 11.9 Å². The zero-order chi connectivity index (χ0) is 15.1. The topological polar surface area (TPSA) is 113 Å². The smallest absolute Gasteiger partial charge is 0.326 e. The lowest BCUT2D eigenvalue weighted by molar-refractivity contribution is -0.141. The van der Waals surface area contributed by atoms with Crippen LogP contribution in [0.1, 0.15) is 25.3 Å². The Labute approximate surface area is 117 Å². The van der Waals surface area contributed by atoms with Crippen molar-refractivity contribution in [3.63, 3.8) is 0 Å². The van der Waals surface area contributed by atoms with Crippen LogP contribution in [0.2, 0.25) is 0 Å². The van der Waals surface area contributed by atoms with Crippen LogP contribution in [0, 0.1) is 0 Å². The number of hydrogen-bond donors (Lipinski definition) is 4. The van der Waals surface area contributed by atoms with Gasteiger partial charge in [-0.2, -0.15) is 0 Å². The van der Waals surface area contributed by atoms with E-state index in [9.17, 15) is 14.7 Å². The first-order valence-electron chi connectivity index (χ1n) is 6.48. The van der Waals surface area contributed by atoms with Crippen LogP contribution in [0.15, 0.2) is 24.3 Å². The Hall–Kier alpha value is -2.08. The van der Waals surface area contributed by atoms with Gasteiger partial charge in [-0.25, -0.2) is 4.79 Å². The Bertz CT molecular complexity index is 459. The zero-order valence-corrected chi connectivity index (χ0v) is 11.4. The average Bonchev–Trinajstić information content (AvgIpc) is 2.40. The summed E-state index contributed by atoms with van der Waals surface area (Å²) in [6.07, 6.45) is 0.918. The van der Waals surface area contributed by atoms with Gasteiger partial charge in [0.1, 0.15) is 11.8 Å². The molecule has 1 amide bonds. The molecule has 1 aromatic carbocycles. The molecule has 20 heavy (non-hydrogen) atoms. The lowest BCUT2D eigenvalue weighted by atomic mass is 10.1. The van der Waals surface area contributed by atoms with E-state index < -0.39 is 12.0 Å². The number of amides is 1. The van der Waals surface area contributed by atoms with E-state index in [0.717, 1.165) is 5.56 Å². The molecule has 0 aliphatic heterocycles. The predicted octanol–water partition coefficient (Wildman–Crippen LogP) is 0.631. The molecule has 0 spiro atoms. The lowest BCUT2D eigenvalue weighted by Crippen LogP contribution is -2.44. The van der Waals surface area contributed by atoms with Crippen LogP contribution < -0.4 is 11.1 Å². The number of aromatic hydroxyl groups is 1. The number of nitrogens with one attached hydrogen (secondary N) is 1. The summed E-state index contributed by atoms with van der Waals surface area (Å²) in [4.78, 5) is 22.8. The molecule has 0 bridgehead atoms. The van der Waals surface area contributed by atoms with Crippen LogP contribution in [-0.4, -0.2) is 34.2 Å². The number of hydrogen-bond acceptors (Lipinski definition) is 4. The minimum absolute atomic E-state index is 0.107. The highest BCUT2D eigenvalue weighted by Crippen LogP contribution is 2.11. The number of aliphatic carboxylic acids is 1. The number of rotatable bonds is 7. The van der Waals surface area contributed by atoms with E-state index in [1.807, 2.05) is 6.92 Å². The third-order valence-corrected chi connectivity index (χ3v) is 2.98. The third kappa shape index (κ3) is 5.27. The molecule has 0 saturated carbocycles. The van der Waals surface area contributed by atoms with Gasteiger partial charge >= 0.3 is 5.97 Å². The summed E-state index contributed by atoms with van der Waals surface area (Å²) in [6.45, 7) is 1.86. The van der Waals surface area contributed by atoms with E-state index in [0.29, 0.717) is 6.42 Å². The van der Waals surface area contributed by atoms with Gasteiger partial charge in [-0.1, -0.05) is 19.1 Å². The molecule has 1 rings (SSSR count). The third-order valence-electron chi connectivity index (χ3n) is 2.98. The minimum atomic E-state index is -1.10. The van der Waals surface area contributed by atoms with Gasteiger partial charge < -0.3 is 21.3 Å². The van der Waals surface area contributed by atoms with Crippen molar-refractivity contribution in [3.05, 3.63) is 29.8 Å². The summed E-state index contributed by atoms with van der Waals surface area (Å²) in [5.41, 5.74) is 6.38. The van der Waals surface area contributed by atoms with Gasteiger partial charge in [0.2, 0.25) is 5.91 Å². The summed E-state index contributed by atoms with van der Waals surface area (Å²) in [6, 6.07) is 4.92. The highest BCUT2D eigenvalue weighted by molar-refractivity contribution is 5.84. The Balaban J connectivity index is 2.63. The monoisotopic (exact) mass is 280 g/mol. The number of phenolic OH excluding ortho intramolecular Hbond substituents is 1. The number of carboxylic acids is 1. The first-order valence-corrected chi connectivity index (χ1v) is 6.48. The first-order chi connectivity index (χ1) is 9.42. The lowest BCUT2D eigenvalue weighted by Gasteiger charge is -2.16. The van der Waals surface area contributed by atoms with Crippen molar-refractivity contribution in [3.8, 4) is 5.75 Å². The number of phenols is 1. The fraction of sp³-hybridized carbons (Fsp3) is 0.429. The van der Waals surface area contributed by atoms with E-state index in [2.05, 4.69) is 5.32 Å². The fourth-order valence-corrected chi connectivity index (χ4v) is 1.70. The van der Waals surface area contributed by atoms with Gasteiger partial charge in [0.05, 0.1) is 0 Å². The Morgan fingerprint density at radius 1 is 1.30 bits per heavy atom. The van der Waals surface area contributed by atoms with Gasteiger partial charge in [-0.15, -0.1) is 0 Å². The number of carbonyl (C=O) groups excluding carboxylic acids is 1. The zero-order valence-electron chi connectivity index (χ0n) is 11.4. The highest BCUT2D eigenvalue weighted by atomic mass is 16.4. The molecule has 110 valence electrons. The maximum atomic E-state index is 11.7. The first kappa shape index (κ1) is 16.0. The van der Waals surface area contributed by atoms with Gasteiger partial charge in [-0.05, 0) is 24.1 Å². The highest BCUT2D eigenvalue weighted by Gasteiger charge is 2.21. The van der Waals surface area contributed by atoms with Crippen molar-refractivity contribution in [1.82, 2.24) is 5.32 Å². The normalized spacial score (nSPS) is 13.5. The molecule has 2 atom stereocenters. The van der Waals surface area contributed by atoms with Crippen molar-refractivity contribution in [1.29, 1.82) is 0 Å². The molecule has 0 radical (unpaired) electrons. The maximum Gasteiger partial charge on any atom is 0.326 e. The molecular formula is C14H20N2O4. The molecule has 0 aromatic heterocycles. The fourth-order valence-electron chi connectivity index (χ4n) is 1.70. The average molecular weight is 280 g/mol. The van der Waals surface area contributed by atoms with E-state index >= 15 is 0 Å². The quantitative estimate of drug-likeness (QED) is 0.585. The summed E-state index contributed by atoms with van der Waals surface area (Å²) >= 11 is 0. The van der Waals surface area contributed by atoms with Gasteiger partial charge in [0, 0.05) is 18.9 Å². The van der Waals surface area contributed by atoms with E-state index in [1.54, 1.807) is 12.1 Å². The standard InChI is InChI=1S/C14H20N2O4/c1-2-10(15)8-13(18)16-12(14(19)20)7-9-3-5-11(17)6-4-9/h3-6,10,12,17H,2,7-8,15H2,1H3,(H,16,18)(H,19,20). The van der Waals surface area contributed by atoms with Crippen LogP contribution in [0.5, 0.6) is 5.75 Å². The molecule has 0 fully saturated rings. The summed E-state index contributed by atoms with van der Waals surface area (Å²) < 4.78 is 0. The number of carbonyl (C=O) groups is 2. The Kier molecular flexibility index (Phi) is 5.99. The summed E-state index contributed by atoms with van der Waals surface area (Å²) in [5.74, 6) is -1.36. The second-order valence-electron chi connectivity index (χ2n) is 4.70. The largest absolute Gasteiger partial charge is 0.508 e. The van der Waals surface area contributed by atoms with E-state index in [-0.39, 0.29) is 30.5 Å². The maximum absolute atomic E-state index is 11.7. The van der Waals surface area contributed by atoms with Crippen LogP contribution in [0.4, 0.5) is 0 Å². The molecule has 6 nitrogen and oxygen atoms in total. The summed E-state index contributed by atoms with van der Waals surface area (Å²) in [7, 11) is 0. The van der Waals surface area contributed by atoms with Gasteiger partial charge in [0.25, 0.3) is 0 Å². The van der Waals surface area contributed by atoms with E-state index in [1.165, 1.54) is 12.1 Å². The van der Waals surface area contributed by atoms with Crippen molar-refractivity contribution in [2.24, 2.45) is 5.73 Å². The van der Waals surface area contributed by atoms with Crippen molar-refractivity contribution < 1.29 is 19.8 Å². The van der Waals surface area contributed by atoms with Crippen LogP contribution in [0.25, 0.3) is 0 Å². The molecule has 6 heteroatoms. The number of nitrogens with two attached hydrogens (primary N) is 1. The van der Waals surface area contributed by atoms with Crippen LogP contribution in [-0.2, 0) is 16.0 Å². The molecule has 0 saturated heterocycles. The van der Waals surface area contributed by atoms with Crippen LogP contribution >= 0.6 is 0 Å². The summed E-state index contributed by atoms with van der Waals surface area (Å²) in [5, 5.41) is 20.8. The van der Waals surface area contributed by atoms with E-state index in [4.69, 9.17) is 10.8 Å². The van der Waals surface area contributed by atoms with Crippen molar-refractivity contribution in [2.45, 2.75) is 38.3 Å². The number of carboxylic acid groups (broad SMARTS) is 1. The molecule has 1 aromatic rings. The Morgan fingerprint density at radius 3 is 2.40 bits per heavy atom. The second-order valence-corrected chi connectivity index (χ2v) is 4.70. The molecule has 0 aliphatic rings. The SMILES string of the molecule is CCC(N)CC(=O)NC(Cc1ccc(O)cc1)C(=O)O. The van der Waals surface area contributed by atoms with Gasteiger partial charge in [-0.3, -0.25) is 4.79 Å². The molecule has 0 heterocycles. The number of benzene rings is 1. The van der Waals surface area contributed by atoms with Crippen molar-refractivity contribution in [2.75, 3.05) is 0 Å². The van der Waals surface area contributed by atoms with Gasteiger partial charge in [0.15, 0.2) is 0 Å². The predicted molar refractivity (Wildman–Crippen MR) is 74.3 cm³/mol. The molecule has 2 unspecified atom stereocenters. The molecule has 5 N–H and O–H groups in total. The molecule has 0 aliphatic carbocycles. The Morgan fingerprint density at radius 2 is 1.90 bits per heavy atom. The minimum Gasteiger partial charge on any atom is -0.508 e. The van der Waals surface area contributed by atoms with Crippen LogP contribution in [0.3, 0.4) is 0 Å². The second kappa shape index (κ2) is 7.49.